The Labute approximate surface area is 101 Å². The molecule has 1 heterocycles. The van der Waals surface area contributed by atoms with Gasteiger partial charge in [-0.15, -0.1) is 0 Å². The van der Waals surface area contributed by atoms with E-state index in [0.717, 1.165) is 24.4 Å². The third-order valence-electron chi connectivity index (χ3n) is 2.70. The average Bonchev–Trinajstić information content (AvgIpc) is 2.31. The van der Waals surface area contributed by atoms with Crippen molar-refractivity contribution >= 4 is 6.03 Å². The van der Waals surface area contributed by atoms with Crippen molar-refractivity contribution in [2.75, 3.05) is 20.2 Å². The van der Waals surface area contributed by atoms with Gasteiger partial charge < -0.3 is 20.7 Å². The monoisotopic (exact) mass is 235 g/mol. The molecule has 0 spiro atoms. The van der Waals surface area contributed by atoms with Crippen molar-refractivity contribution in [3.8, 4) is 5.75 Å². The molecule has 1 aromatic carbocycles. The van der Waals surface area contributed by atoms with Crippen molar-refractivity contribution in [2.24, 2.45) is 0 Å². The Balaban J connectivity index is 1.77. The zero-order chi connectivity index (χ0) is 12.1. The van der Waals surface area contributed by atoms with Gasteiger partial charge in [0.25, 0.3) is 0 Å². The summed E-state index contributed by atoms with van der Waals surface area (Å²) >= 11 is 0. The predicted octanol–water partition coefficient (Wildman–Crippen LogP) is 0.466. The number of benzene rings is 1. The Morgan fingerprint density at radius 1 is 1.53 bits per heavy atom. The van der Waals surface area contributed by atoms with Gasteiger partial charge in [0.05, 0.1) is 13.2 Å². The highest BCUT2D eigenvalue weighted by molar-refractivity contribution is 5.74. The van der Waals surface area contributed by atoms with Crippen LogP contribution in [0, 0.1) is 0 Å². The van der Waals surface area contributed by atoms with Crippen molar-refractivity contribution in [3.63, 3.8) is 0 Å². The molecule has 1 aliphatic heterocycles. The number of urea groups is 1. The Morgan fingerprint density at radius 2 is 2.35 bits per heavy atom. The lowest BCUT2D eigenvalue weighted by molar-refractivity contribution is 0.231. The summed E-state index contributed by atoms with van der Waals surface area (Å²) in [6.07, 6.45) is 0. The highest BCUT2D eigenvalue weighted by Crippen LogP contribution is 2.11. The molecule has 1 fully saturated rings. The molecule has 5 nitrogen and oxygen atoms in total. The summed E-state index contributed by atoms with van der Waals surface area (Å²) in [7, 11) is 1.63. The van der Waals surface area contributed by atoms with Gasteiger partial charge in [-0.3, -0.25) is 0 Å². The Kier molecular flexibility index (Phi) is 3.82. The Hall–Kier alpha value is -1.75. The quantitative estimate of drug-likeness (QED) is 0.710. The number of hydrogen-bond donors (Lipinski definition) is 3. The van der Waals surface area contributed by atoms with Gasteiger partial charge in [-0.05, 0) is 17.7 Å². The highest BCUT2D eigenvalue weighted by Gasteiger charge is 2.18. The summed E-state index contributed by atoms with van der Waals surface area (Å²) in [5.74, 6) is 0.799. The van der Waals surface area contributed by atoms with Crippen molar-refractivity contribution in [1.29, 1.82) is 0 Å². The van der Waals surface area contributed by atoms with Crippen LogP contribution in [-0.2, 0) is 6.54 Å². The first-order valence-electron chi connectivity index (χ1n) is 5.66. The fourth-order valence-electron chi connectivity index (χ4n) is 1.59. The lowest BCUT2D eigenvalue weighted by atomic mass is 10.2. The van der Waals surface area contributed by atoms with Gasteiger partial charge in [0.15, 0.2) is 0 Å². The molecule has 0 bridgehead atoms. The van der Waals surface area contributed by atoms with Crippen LogP contribution in [-0.4, -0.2) is 32.3 Å². The molecule has 5 heteroatoms. The summed E-state index contributed by atoms with van der Waals surface area (Å²) in [5.41, 5.74) is 1.02. The lowest BCUT2D eigenvalue weighted by Gasteiger charge is -2.27. The van der Waals surface area contributed by atoms with E-state index >= 15 is 0 Å². The smallest absolute Gasteiger partial charge is 0.315 e. The maximum absolute atomic E-state index is 11.5. The van der Waals surface area contributed by atoms with Crippen molar-refractivity contribution in [1.82, 2.24) is 16.0 Å². The maximum atomic E-state index is 11.5. The summed E-state index contributed by atoms with van der Waals surface area (Å²) in [4.78, 5) is 11.5. The first kappa shape index (κ1) is 11.7. The van der Waals surface area contributed by atoms with E-state index in [9.17, 15) is 4.79 Å². The van der Waals surface area contributed by atoms with Crippen LogP contribution in [0.3, 0.4) is 0 Å². The van der Waals surface area contributed by atoms with Gasteiger partial charge in [0.1, 0.15) is 5.75 Å². The molecule has 1 aromatic rings. The minimum Gasteiger partial charge on any atom is -0.497 e. The molecule has 0 unspecified atom stereocenters. The van der Waals surface area contributed by atoms with Crippen LogP contribution in [0.5, 0.6) is 5.75 Å². The molecule has 0 atom stereocenters. The number of ether oxygens (including phenoxy) is 1. The molecule has 0 radical (unpaired) electrons. The van der Waals surface area contributed by atoms with Crippen LogP contribution >= 0.6 is 0 Å². The van der Waals surface area contributed by atoms with E-state index in [1.807, 2.05) is 24.3 Å². The summed E-state index contributed by atoms with van der Waals surface area (Å²) in [5, 5.41) is 8.78. The molecule has 0 aromatic heterocycles. The summed E-state index contributed by atoms with van der Waals surface area (Å²) in [6, 6.07) is 7.78. The van der Waals surface area contributed by atoms with Crippen LogP contribution in [0.1, 0.15) is 5.56 Å². The topological polar surface area (TPSA) is 62.4 Å². The number of carbonyl (C=O) groups excluding carboxylic acids is 1. The number of nitrogens with one attached hydrogen (secondary N) is 3. The minimum atomic E-state index is -0.126. The number of amides is 2. The predicted molar refractivity (Wildman–Crippen MR) is 65.0 cm³/mol. The van der Waals surface area contributed by atoms with Gasteiger partial charge in [-0.25, -0.2) is 4.79 Å². The molecule has 17 heavy (non-hydrogen) atoms. The highest BCUT2D eigenvalue weighted by atomic mass is 16.5. The molecular formula is C12H17N3O2. The second-order valence-electron chi connectivity index (χ2n) is 4.03. The van der Waals surface area contributed by atoms with E-state index in [0.29, 0.717) is 6.54 Å². The first-order valence-corrected chi connectivity index (χ1v) is 5.66. The van der Waals surface area contributed by atoms with Crippen LogP contribution in [0.2, 0.25) is 0 Å². The molecular weight excluding hydrogens is 218 g/mol. The van der Waals surface area contributed by atoms with Crippen molar-refractivity contribution in [3.05, 3.63) is 29.8 Å². The second-order valence-corrected chi connectivity index (χ2v) is 4.03. The van der Waals surface area contributed by atoms with E-state index in [2.05, 4.69) is 16.0 Å². The fourth-order valence-corrected chi connectivity index (χ4v) is 1.59. The normalized spacial score (nSPS) is 14.9. The van der Waals surface area contributed by atoms with Crippen molar-refractivity contribution in [2.45, 2.75) is 12.6 Å². The third kappa shape index (κ3) is 3.35. The molecule has 1 saturated heterocycles. The molecule has 92 valence electrons. The van der Waals surface area contributed by atoms with Gasteiger partial charge >= 0.3 is 6.03 Å². The molecule has 2 rings (SSSR count). The standard InChI is InChI=1S/C12H17N3O2/c1-17-11-4-2-3-9(5-11)6-14-12(16)15-10-7-13-8-10/h2-5,10,13H,6-8H2,1H3,(H2,14,15,16). The first-order chi connectivity index (χ1) is 8.28. The third-order valence-corrected chi connectivity index (χ3v) is 2.70. The van der Waals surface area contributed by atoms with Gasteiger partial charge in [0, 0.05) is 19.6 Å². The maximum Gasteiger partial charge on any atom is 0.315 e. The van der Waals surface area contributed by atoms with E-state index in [1.54, 1.807) is 7.11 Å². The second kappa shape index (κ2) is 5.54. The molecule has 2 amide bonds. The van der Waals surface area contributed by atoms with Gasteiger partial charge in [-0.1, -0.05) is 12.1 Å². The van der Waals surface area contributed by atoms with E-state index in [1.165, 1.54) is 0 Å². The number of carbonyl (C=O) groups is 1. The lowest BCUT2D eigenvalue weighted by Crippen LogP contribution is -2.58. The Morgan fingerprint density at radius 3 is 3.00 bits per heavy atom. The van der Waals surface area contributed by atoms with Gasteiger partial charge in [-0.2, -0.15) is 0 Å². The van der Waals surface area contributed by atoms with Crippen LogP contribution in [0.15, 0.2) is 24.3 Å². The van der Waals surface area contributed by atoms with Gasteiger partial charge in [0.2, 0.25) is 0 Å². The zero-order valence-corrected chi connectivity index (χ0v) is 9.82. The number of methoxy groups -OCH3 is 1. The molecule has 0 saturated carbocycles. The van der Waals surface area contributed by atoms with Crippen LogP contribution in [0.25, 0.3) is 0 Å². The van der Waals surface area contributed by atoms with Crippen LogP contribution in [0.4, 0.5) is 4.79 Å². The molecule has 0 aliphatic carbocycles. The number of rotatable bonds is 4. The summed E-state index contributed by atoms with van der Waals surface area (Å²) < 4.78 is 5.12. The van der Waals surface area contributed by atoms with E-state index in [-0.39, 0.29) is 12.1 Å². The largest absolute Gasteiger partial charge is 0.497 e. The minimum absolute atomic E-state index is 0.126. The molecule has 1 aliphatic rings. The number of hydrogen-bond acceptors (Lipinski definition) is 3. The van der Waals surface area contributed by atoms with Crippen LogP contribution < -0.4 is 20.7 Å². The van der Waals surface area contributed by atoms with E-state index < -0.39 is 0 Å². The Bertz CT molecular complexity index is 391. The average molecular weight is 235 g/mol. The van der Waals surface area contributed by atoms with E-state index in [4.69, 9.17) is 4.74 Å². The van der Waals surface area contributed by atoms with Crippen molar-refractivity contribution < 1.29 is 9.53 Å². The summed E-state index contributed by atoms with van der Waals surface area (Å²) in [6.45, 7) is 2.21. The SMILES string of the molecule is COc1cccc(CNC(=O)NC2CNC2)c1. The fraction of sp³-hybridized carbons (Fsp3) is 0.417. The molecule has 3 N–H and O–H groups in total. The zero-order valence-electron chi connectivity index (χ0n) is 9.82.